The molecule has 0 fully saturated rings. The number of nitrogens with two attached hydrogens (primary N) is 1. The summed E-state index contributed by atoms with van der Waals surface area (Å²) in [5.41, 5.74) is 8.82. The maximum absolute atomic E-state index is 12.2. The van der Waals surface area contributed by atoms with Crippen LogP contribution < -0.4 is 11.1 Å². The summed E-state index contributed by atoms with van der Waals surface area (Å²) in [6, 6.07) is 5.39. The van der Waals surface area contributed by atoms with Gasteiger partial charge in [-0.1, -0.05) is 17.8 Å². The molecule has 3 N–H and O–H groups in total. The third-order valence-corrected chi connectivity index (χ3v) is 3.51. The van der Waals surface area contributed by atoms with Crippen LogP contribution in [0.2, 0.25) is 0 Å². The molecule has 2 aromatic rings. The van der Waals surface area contributed by atoms with Crippen LogP contribution in [-0.4, -0.2) is 15.5 Å². The minimum Gasteiger partial charge on any atom is -0.399 e. The van der Waals surface area contributed by atoms with E-state index in [0.717, 1.165) is 41.3 Å². The molecule has 100 valence electrons. The monoisotopic (exact) mass is 276 g/mol. The van der Waals surface area contributed by atoms with E-state index >= 15 is 0 Å². The highest BCUT2D eigenvalue weighted by atomic mass is 32.1. The Bertz CT molecular complexity index is 594. The highest BCUT2D eigenvalue weighted by Gasteiger charge is 2.16. The van der Waals surface area contributed by atoms with Crippen molar-refractivity contribution in [1.29, 1.82) is 0 Å². The average molecular weight is 276 g/mol. The summed E-state index contributed by atoms with van der Waals surface area (Å²) in [6.45, 7) is 3.95. The van der Waals surface area contributed by atoms with Crippen LogP contribution in [0.4, 0.5) is 11.4 Å². The van der Waals surface area contributed by atoms with Gasteiger partial charge in [-0.2, -0.15) is 0 Å². The van der Waals surface area contributed by atoms with Crippen LogP contribution in [-0.2, 0) is 6.42 Å². The molecule has 0 aliphatic carbocycles. The first-order valence-electron chi connectivity index (χ1n) is 6.10. The zero-order valence-corrected chi connectivity index (χ0v) is 11.8. The Kier molecular flexibility index (Phi) is 4.11. The molecular formula is C13H16N4OS. The lowest BCUT2D eigenvalue weighted by molar-refractivity contribution is 0.102. The Balaban J connectivity index is 2.18. The number of rotatable bonds is 4. The fourth-order valence-electron chi connectivity index (χ4n) is 1.79. The van der Waals surface area contributed by atoms with Crippen molar-refractivity contribution in [2.45, 2.75) is 26.7 Å². The normalized spacial score (nSPS) is 10.4. The number of nitrogens with zero attached hydrogens (tertiary/aromatic N) is 2. The quantitative estimate of drug-likeness (QED) is 0.841. The lowest BCUT2D eigenvalue weighted by Gasteiger charge is -2.08. The number of amides is 1. The number of benzene rings is 1. The second-order valence-electron chi connectivity index (χ2n) is 4.33. The van der Waals surface area contributed by atoms with Gasteiger partial charge >= 0.3 is 0 Å². The van der Waals surface area contributed by atoms with Crippen molar-refractivity contribution >= 4 is 28.8 Å². The molecule has 0 bridgehead atoms. The molecule has 1 aromatic carbocycles. The summed E-state index contributed by atoms with van der Waals surface area (Å²) in [4.78, 5) is 12.8. The fraction of sp³-hybridized carbons (Fsp3) is 0.308. The van der Waals surface area contributed by atoms with Gasteiger partial charge in [-0.25, -0.2) is 0 Å². The lowest BCUT2D eigenvalue weighted by Crippen LogP contribution is -2.13. The number of nitrogen functional groups attached to an aromatic ring is 1. The number of hydrogen-bond acceptors (Lipinski definition) is 5. The molecule has 0 aliphatic heterocycles. The Morgan fingerprint density at radius 2 is 2.26 bits per heavy atom. The van der Waals surface area contributed by atoms with Crippen LogP contribution in [0, 0.1) is 6.92 Å². The zero-order chi connectivity index (χ0) is 13.8. The Morgan fingerprint density at radius 3 is 2.95 bits per heavy atom. The minimum atomic E-state index is -0.161. The van der Waals surface area contributed by atoms with E-state index in [2.05, 4.69) is 14.9 Å². The summed E-state index contributed by atoms with van der Waals surface area (Å²) >= 11 is 1.13. The van der Waals surface area contributed by atoms with E-state index in [1.165, 1.54) is 0 Å². The van der Waals surface area contributed by atoms with E-state index in [1.807, 2.05) is 19.9 Å². The summed E-state index contributed by atoms with van der Waals surface area (Å²) in [5.74, 6) is -0.161. The largest absolute Gasteiger partial charge is 0.399 e. The summed E-state index contributed by atoms with van der Waals surface area (Å²) in [6.07, 6.45) is 1.70. The molecular weight excluding hydrogens is 260 g/mol. The van der Waals surface area contributed by atoms with E-state index in [-0.39, 0.29) is 5.91 Å². The molecule has 1 aromatic heterocycles. The average Bonchev–Trinajstić information content (AvgIpc) is 2.81. The third kappa shape index (κ3) is 3.08. The first-order chi connectivity index (χ1) is 9.11. The molecule has 0 unspecified atom stereocenters. The molecule has 0 saturated carbocycles. The van der Waals surface area contributed by atoms with Crippen molar-refractivity contribution in [3.05, 3.63) is 34.3 Å². The van der Waals surface area contributed by atoms with E-state index in [0.29, 0.717) is 10.6 Å². The SMILES string of the molecule is CCCc1nnsc1C(=O)Nc1ccc(N)cc1C. The maximum Gasteiger partial charge on any atom is 0.269 e. The van der Waals surface area contributed by atoms with Crippen LogP contribution in [0.15, 0.2) is 18.2 Å². The van der Waals surface area contributed by atoms with Crippen LogP contribution >= 0.6 is 11.5 Å². The molecule has 2 rings (SSSR count). The van der Waals surface area contributed by atoms with Crippen LogP contribution in [0.25, 0.3) is 0 Å². The van der Waals surface area contributed by atoms with E-state index < -0.39 is 0 Å². The third-order valence-electron chi connectivity index (χ3n) is 2.75. The van der Waals surface area contributed by atoms with Crippen molar-refractivity contribution in [2.75, 3.05) is 11.1 Å². The Labute approximate surface area is 116 Å². The second-order valence-corrected chi connectivity index (χ2v) is 5.08. The predicted molar refractivity (Wildman–Crippen MR) is 77.4 cm³/mol. The number of hydrogen-bond donors (Lipinski definition) is 2. The maximum atomic E-state index is 12.2. The van der Waals surface area contributed by atoms with Gasteiger partial charge in [0, 0.05) is 11.4 Å². The van der Waals surface area contributed by atoms with Gasteiger partial charge in [0.25, 0.3) is 5.91 Å². The van der Waals surface area contributed by atoms with Gasteiger partial charge in [0.1, 0.15) is 4.88 Å². The topological polar surface area (TPSA) is 80.9 Å². The number of nitrogens with one attached hydrogen (secondary N) is 1. The van der Waals surface area contributed by atoms with E-state index in [4.69, 9.17) is 5.73 Å². The molecule has 5 nitrogen and oxygen atoms in total. The molecule has 0 atom stereocenters. The van der Waals surface area contributed by atoms with Crippen molar-refractivity contribution in [2.24, 2.45) is 0 Å². The molecule has 19 heavy (non-hydrogen) atoms. The van der Waals surface area contributed by atoms with Gasteiger partial charge in [0.15, 0.2) is 0 Å². The molecule has 0 aliphatic rings. The minimum absolute atomic E-state index is 0.161. The molecule has 0 spiro atoms. The van der Waals surface area contributed by atoms with E-state index in [1.54, 1.807) is 12.1 Å². The lowest BCUT2D eigenvalue weighted by atomic mass is 10.1. The Morgan fingerprint density at radius 1 is 1.47 bits per heavy atom. The van der Waals surface area contributed by atoms with Crippen LogP contribution in [0.1, 0.15) is 34.3 Å². The number of aryl methyl sites for hydroxylation is 2. The van der Waals surface area contributed by atoms with Crippen molar-refractivity contribution in [1.82, 2.24) is 9.59 Å². The van der Waals surface area contributed by atoms with Gasteiger partial charge in [-0.3, -0.25) is 4.79 Å². The van der Waals surface area contributed by atoms with Gasteiger partial charge in [0.05, 0.1) is 5.69 Å². The highest BCUT2D eigenvalue weighted by Crippen LogP contribution is 2.20. The fourth-order valence-corrected chi connectivity index (χ4v) is 2.39. The zero-order valence-electron chi connectivity index (χ0n) is 10.9. The summed E-state index contributed by atoms with van der Waals surface area (Å²) < 4.78 is 3.85. The summed E-state index contributed by atoms with van der Waals surface area (Å²) in [7, 11) is 0. The summed E-state index contributed by atoms with van der Waals surface area (Å²) in [5, 5.41) is 6.87. The van der Waals surface area contributed by atoms with Gasteiger partial charge in [0.2, 0.25) is 0 Å². The van der Waals surface area contributed by atoms with Crippen LogP contribution in [0.5, 0.6) is 0 Å². The van der Waals surface area contributed by atoms with Gasteiger partial charge in [-0.05, 0) is 48.6 Å². The number of aromatic nitrogens is 2. The standard InChI is InChI=1S/C13H16N4OS/c1-3-4-11-12(19-17-16-11)13(18)15-10-6-5-9(14)7-8(10)2/h5-7H,3-4,14H2,1-2H3,(H,15,18). The smallest absolute Gasteiger partial charge is 0.269 e. The van der Waals surface area contributed by atoms with E-state index in [9.17, 15) is 4.79 Å². The van der Waals surface area contributed by atoms with Crippen molar-refractivity contribution < 1.29 is 4.79 Å². The molecule has 0 radical (unpaired) electrons. The predicted octanol–water partition coefficient (Wildman–Crippen LogP) is 2.63. The first kappa shape index (κ1) is 13.5. The molecule has 1 amide bonds. The second kappa shape index (κ2) is 5.79. The molecule has 6 heteroatoms. The Hall–Kier alpha value is -1.95. The van der Waals surface area contributed by atoms with Crippen molar-refractivity contribution in [3.8, 4) is 0 Å². The molecule has 0 saturated heterocycles. The highest BCUT2D eigenvalue weighted by molar-refractivity contribution is 7.08. The van der Waals surface area contributed by atoms with Gasteiger partial charge in [-0.15, -0.1) is 5.10 Å². The van der Waals surface area contributed by atoms with Gasteiger partial charge < -0.3 is 11.1 Å². The number of carbonyl (C=O) groups is 1. The molecule has 1 heterocycles. The first-order valence-corrected chi connectivity index (χ1v) is 6.88. The van der Waals surface area contributed by atoms with Crippen LogP contribution in [0.3, 0.4) is 0 Å². The number of carbonyl (C=O) groups excluding carboxylic acids is 1. The van der Waals surface area contributed by atoms with Crippen molar-refractivity contribution in [3.63, 3.8) is 0 Å². The number of anilines is 2.